The molecule has 0 unspecified atom stereocenters. The first kappa shape index (κ1) is 23.4. The van der Waals surface area contributed by atoms with Crippen LogP contribution in [0.4, 0.5) is 0 Å². The first-order valence-electron chi connectivity index (χ1n) is 9.46. The Morgan fingerprint density at radius 1 is 0.906 bits per heavy atom. The molecule has 0 amide bonds. The quantitative estimate of drug-likeness (QED) is 0.226. The van der Waals surface area contributed by atoms with E-state index in [2.05, 4.69) is 10.3 Å². The van der Waals surface area contributed by atoms with Crippen molar-refractivity contribution in [3.05, 3.63) is 95.1 Å². The van der Waals surface area contributed by atoms with E-state index in [1.54, 1.807) is 36.4 Å². The number of fused-ring (bicyclic) bond motifs is 1. The van der Waals surface area contributed by atoms with Crippen LogP contribution in [-0.4, -0.2) is 29.2 Å². The van der Waals surface area contributed by atoms with Crippen molar-refractivity contribution in [1.82, 2.24) is 10.3 Å². The van der Waals surface area contributed by atoms with E-state index < -0.39 is 11.8 Å². The zero-order chi connectivity index (χ0) is 21.8. The van der Waals surface area contributed by atoms with Gasteiger partial charge in [0.25, 0.3) is 0 Å². The number of hydrogen-bond acceptors (Lipinski definition) is 7. The molecule has 8 heteroatoms. The summed E-state index contributed by atoms with van der Waals surface area (Å²) in [4.78, 5) is 25.7. The fraction of sp³-hybridized carbons (Fsp3) is 0.0833. The van der Waals surface area contributed by atoms with Crippen molar-refractivity contribution >= 4 is 28.4 Å². The van der Waals surface area contributed by atoms with Crippen molar-refractivity contribution in [1.29, 1.82) is 0 Å². The molecule has 0 spiro atoms. The van der Waals surface area contributed by atoms with E-state index in [9.17, 15) is 14.7 Å². The Bertz CT molecular complexity index is 1280. The summed E-state index contributed by atoms with van der Waals surface area (Å²) in [5.41, 5.74) is 2.19. The molecule has 32 heavy (non-hydrogen) atoms. The zero-order valence-electron chi connectivity index (χ0n) is 17.6. The second kappa shape index (κ2) is 10.4. The molecule has 1 aromatic heterocycles. The van der Waals surface area contributed by atoms with Gasteiger partial charge in [-0.3, -0.25) is 4.79 Å². The predicted octanol–water partition coefficient (Wildman–Crippen LogP) is -0.136. The second-order valence-corrected chi connectivity index (χ2v) is 6.83. The third kappa shape index (κ3) is 4.96. The van der Waals surface area contributed by atoms with Gasteiger partial charge in [0.05, 0.1) is 13.1 Å². The topological polar surface area (TPSA) is 105 Å². The summed E-state index contributed by atoms with van der Waals surface area (Å²) in [6.07, 6.45) is 0.115. The first-order valence-corrected chi connectivity index (χ1v) is 9.46. The average molecular weight is 436 g/mol. The van der Waals surface area contributed by atoms with Gasteiger partial charge in [-0.2, -0.15) is 0 Å². The van der Waals surface area contributed by atoms with Crippen LogP contribution in [0.15, 0.2) is 83.0 Å². The van der Waals surface area contributed by atoms with Crippen LogP contribution in [0.1, 0.15) is 21.5 Å². The second-order valence-electron chi connectivity index (χ2n) is 6.83. The number of methoxy groups -OCH3 is 1. The minimum atomic E-state index is -1.46. The first-order chi connectivity index (χ1) is 15.1. The van der Waals surface area contributed by atoms with Gasteiger partial charge >= 0.3 is 29.6 Å². The predicted molar refractivity (Wildman–Crippen MR) is 111 cm³/mol. The summed E-state index contributed by atoms with van der Waals surface area (Å²) in [5, 5.41) is 19.7. The van der Waals surface area contributed by atoms with Gasteiger partial charge in [-0.25, -0.2) is 4.63 Å². The Morgan fingerprint density at radius 3 is 2.22 bits per heavy atom. The molecule has 1 heterocycles. The molecule has 0 aliphatic carbocycles. The van der Waals surface area contributed by atoms with E-state index in [0.717, 1.165) is 5.56 Å². The van der Waals surface area contributed by atoms with Gasteiger partial charge in [0, 0.05) is 23.1 Å². The molecule has 0 fully saturated rings. The number of carbonyl (C=O) groups is 2. The fourth-order valence-electron chi connectivity index (χ4n) is 3.35. The van der Waals surface area contributed by atoms with Crippen LogP contribution in [0.2, 0.25) is 0 Å². The van der Waals surface area contributed by atoms with Gasteiger partial charge in [0.2, 0.25) is 0 Å². The number of hydrogen-bond donors (Lipinski definition) is 0. The zero-order valence-corrected chi connectivity index (χ0v) is 19.6. The Hall–Kier alpha value is -3.26. The van der Waals surface area contributed by atoms with E-state index in [0.29, 0.717) is 22.3 Å². The molecule has 0 aliphatic rings. The van der Waals surface area contributed by atoms with Crippen molar-refractivity contribution < 1.29 is 53.6 Å². The fourth-order valence-corrected chi connectivity index (χ4v) is 3.35. The van der Waals surface area contributed by atoms with E-state index in [4.69, 9.17) is 9.37 Å². The van der Waals surface area contributed by atoms with Crippen molar-refractivity contribution in [2.24, 2.45) is 0 Å². The Morgan fingerprint density at radius 2 is 1.56 bits per heavy atom. The number of ether oxygens (including phenoxy) is 1. The van der Waals surface area contributed by atoms with Crippen LogP contribution in [0.3, 0.4) is 0 Å². The largest absolute Gasteiger partial charge is 1.00 e. The third-order valence-corrected chi connectivity index (χ3v) is 4.90. The summed E-state index contributed by atoms with van der Waals surface area (Å²) in [5.74, 6) is -1.28. The number of benzene rings is 3. The SMILES string of the molecule is COc1ccc(C(=O)C(Cc2ccccc2)=C(C(=O)[O-])c2ccc3nonc3c2)cc1.[Na+]. The van der Waals surface area contributed by atoms with Crippen molar-refractivity contribution in [2.75, 3.05) is 7.11 Å². The molecule has 4 aromatic rings. The van der Waals surface area contributed by atoms with Gasteiger partial charge in [-0.1, -0.05) is 36.4 Å². The molecule has 7 nitrogen and oxygen atoms in total. The molecule has 0 bridgehead atoms. The number of carboxylic acids is 1. The van der Waals surface area contributed by atoms with Gasteiger partial charge in [0.15, 0.2) is 5.78 Å². The number of carboxylic acid groups (broad SMARTS) is 1. The minimum absolute atomic E-state index is 0. The molecule has 4 rings (SSSR count). The smallest absolute Gasteiger partial charge is 0.545 e. The molecule has 154 valence electrons. The summed E-state index contributed by atoms with van der Waals surface area (Å²) in [6.45, 7) is 0. The Kier molecular flexibility index (Phi) is 7.58. The number of aromatic nitrogens is 2. The van der Waals surface area contributed by atoms with Crippen LogP contribution in [0, 0.1) is 0 Å². The molecule has 0 aliphatic heterocycles. The van der Waals surface area contributed by atoms with E-state index >= 15 is 0 Å². The van der Waals surface area contributed by atoms with Crippen LogP contribution in [-0.2, 0) is 11.2 Å². The van der Waals surface area contributed by atoms with Gasteiger partial charge in [-0.05, 0) is 57.8 Å². The standard InChI is InChI=1S/C24H18N2O5.Na/c1-30-18-10-7-16(8-11-18)23(27)19(13-15-5-3-2-4-6-15)22(24(28)29)17-9-12-20-21(14-17)26-31-25-20;/h2-12,14H,13H2,1H3,(H,28,29);/q;+1/p-1. The maximum atomic E-state index is 13.4. The summed E-state index contributed by atoms with van der Waals surface area (Å²) in [7, 11) is 1.53. The number of allylic oxidation sites excluding steroid dienone is 1. The van der Waals surface area contributed by atoms with Crippen molar-refractivity contribution in [2.45, 2.75) is 6.42 Å². The molecule has 0 atom stereocenters. The van der Waals surface area contributed by atoms with Crippen LogP contribution < -0.4 is 39.4 Å². The van der Waals surface area contributed by atoms with Crippen LogP contribution >= 0.6 is 0 Å². The number of aliphatic carboxylic acids is 1. The third-order valence-electron chi connectivity index (χ3n) is 4.90. The number of ketones is 1. The van der Waals surface area contributed by atoms with Gasteiger partial charge in [-0.15, -0.1) is 0 Å². The van der Waals surface area contributed by atoms with Gasteiger partial charge < -0.3 is 14.6 Å². The number of nitrogens with zero attached hydrogens (tertiary/aromatic N) is 2. The maximum Gasteiger partial charge on any atom is 1.00 e. The molecule has 0 radical (unpaired) electrons. The maximum absolute atomic E-state index is 13.4. The summed E-state index contributed by atoms with van der Waals surface area (Å²) >= 11 is 0. The number of rotatable bonds is 7. The van der Waals surface area contributed by atoms with E-state index in [-0.39, 0.29) is 52.7 Å². The summed E-state index contributed by atoms with van der Waals surface area (Å²) < 4.78 is 9.84. The van der Waals surface area contributed by atoms with Gasteiger partial charge in [0.1, 0.15) is 16.8 Å². The molecule has 0 saturated heterocycles. The molecular weight excluding hydrogens is 419 g/mol. The van der Waals surface area contributed by atoms with Crippen LogP contribution in [0.5, 0.6) is 5.75 Å². The molecule has 3 aromatic carbocycles. The molecule has 0 saturated carbocycles. The Labute approximate surface area is 206 Å². The van der Waals surface area contributed by atoms with Crippen molar-refractivity contribution in [3.8, 4) is 5.75 Å². The number of carbonyl (C=O) groups excluding carboxylic acids is 2. The summed E-state index contributed by atoms with van der Waals surface area (Å²) in [6, 6.07) is 20.3. The van der Waals surface area contributed by atoms with Crippen molar-refractivity contribution in [3.63, 3.8) is 0 Å². The van der Waals surface area contributed by atoms with E-state index in [1.807, 2.05) is 30.3 Å². The molecular formula is C24H17N2NaO5. The number of Topliss-reactive ketones (excluding diaryl/α,β-unsaturated/α-hetero) is 1. The minimum Gasteiger partial charge on any atom is -0.545 e. The Balaban J connectivity index is 0.00000289. The van der Waals surface area contributed by atoms with Crippen LogP contribution in [0.25, 0.3) is 16.6 Å². The normalized spacial score (nSPS) is 11.4. The van der Waals surface area contributed by atoms with E-state index in [1.165, 1.54) is 13.2 Å². The monoisotopic (exact) mass is 436 g/mol. The average Bonchev–Trinajstić information content (AvgIpc) is 3.27. The molecule has 0 N–H and O–H groups in total.